The fourth-order valence-corrected chi connectivity index (χ4v) is 2.80. The Morgan fingerprint density at radius 1 is 0.962 bits per heavy atom. The Balaban J connectivity index is 2.11. The van der Waals surface area contributed by atoms with Crippen LogP contribution in [0.1, 0.15) is 18.9 Å². The standard InChI is InChI=1S/C21H27NO4/c1-5-26-21(23)20(15-8-16-6-11-18(24-3)12-7-16)22(2)17-9-13-19(25-4)14-10-17/h6-7,9-14,20H,5,8,15H2,1-4H3. The monoisotopic (exact) mass is 357 g/mol. The van der Waals surface area contributed by atoms with E-state index in [4.69, 9.17) is 14.2 Å². The summed E-state index contributed by atoms with van der Waals surface area (Å²) in [6, 6.07) is 15.2. The molecule has 0 aromatic heterocycles. The van der Waals surface area contributed by atoms with Crippen LogP contribution in [0, 0.1) is 0 Å². The van der Waals surface area contributed by atoms with Gasteiger partial charge in [0.1, 0.15) is 17.5 Å². The maximum absolute atomic E-state index is 12.5. The Morgan fingerprint density at radius 3 is 2.00 bits per heavy atom. The predicted molar refractivity (Wildman–Crippen MR) is 103 cm³/mol. The molecule has 26 heavy (non-hydrogen) atoms. The average Bonchev–Trinajstić information content (AvgIpc) is 2.68. The summed E-state index contributed by atoms with van der Waals surface area (Å²) in [6.45, 7) is 2.19. The van der Waals surface area contributed by atoms with E-state index in [0.717, 1.165) is 29.2 Å². The molecule has 0 amide bonds. The number of aryl methyl sites for hydroxylation is 1. The molecule has 0 radical (unpaired) electrons. The van der Waals surface area contributed by atoms with Gasteiger partial charge in [-0.2, -0.15) is 0 Å². The number of carbonyl (C=O) groups excluding carboxylic acids is 1. The second-order valence-electron chi connectivity index (χ2n) is 5.96. The molecule has 0 spiro atoms. The van der Waals surface area contributed by atoms with Crippen molar-refractivity contribution in [3.05, 3.63) is 54.1 Å². The highest BCUT2D eigenvalue weighted by Crippen LogP contribution is 2.23. The Bertz CT molecular complexity index is 682. The minimum Gasteiger partial charge on any atom is -0.497 e. The smallest absolute Gasteiger partial charge is 0.328 e. The third-order valence-electron chi connectivity index (χ3n) is 4.37. The Morgan fingerprint density at radius 2 is 1.50 bits per heavy atom. The van der Waals surface area contributed by atoms with Gasteiger partial charge in [0.2, 0.25) is 0 Å². The van der Waals surface area contributed by atoms with E-state index in [-0.39, 0.29) is 12.0 Å². The van der Waals surface area contributed by atoms with Gasteiger partial charge in [0.15, 0.2) is 0 Å². The van der Waals surface area contributed by atoms with E-state index in [1.807, 2.05) is 67.4 Å². The molecule has 0 bridgehead atoms. The Kier molecular flexibility index (Phi) is 7.33. The number of rotatable bonds is 9. The van der Waals surface area contributed by atoms with Crippen LogP contribution in [0.5, 0.6) is 11.5 Å². The molecule has 0 aliphatic rings. The lowest BCUT2D eigenvalue weighted by Crippen LogP contribution is -2.40. The lowest BCUT2D eigenvalue weighted by atomic mass is 10.0. The highest BCUT2D eigenvalue weighted by atomic mass is 16.5. The highest BCUT2D eigenvalue weighted by molar-refractivity contribution is 5.80. The number of hydrogen-bond donors (Lipinski definition) is 0. The average molecular weight is 357 g/mol. The van der Waals surface area contributed by atoms with Gasteiger partial charge in [0.05, 0.1) is 20.8 Å². The van der Waals surface area contributed by atoms with Crippen LogP contribution in [-0.4, -0.2) is 39.9 Å². The second kappa shape index (κ2) is 9.70. The summed E-state index contributed by atoms with van der Waals surface area (Å²) in [5, 5.41) is 0. The van der Waals surface area contributed by atoms with Crippen LogP contribution < -0.4 is 14.4 Å². The number of ether oxygens (including phenoxy) is 3. The zero-order valence-corrected chi connectivity index (χ0v) is 15.9. The zero-order chi connectivity index (χ0) is 18.9. The third kappa shape index (κ3) is 5.15. The first-order valence-corrected chi connectivity index (χ1v) is 8.75. The molecule has 2 aromatic rings. The molecule has 5 nitrogen and oxygen atoms in total. The maximum atomic E-state index is 12.5. The van der Waals surface area contributed by atoms with Gasteiger partial charge in [-0.15, -0.1) is 0 Å². The first-order valence-electron chi connectivity index (χ1n) is 8.75. The number of hydrogen-bond acceptors (Lipinski definition) is 5. The summed E-state index contributed by atoms with van der Waals surface area (Å²) in [5.41, 5.74) is 2.10. The lowest BCUT2D eigenvalue weighted by molar-refractivity contribution is -0.144. The molecular weight excluding hydrogens is 330 g/mol. The van der Waals surface area contributed by atoms with Crippen LogP contribution in [0.15, 0.2) is 48.5 Å². The first-order chi connectivity index (χ1) is 12.6. The van der Waals surface area contributed by atoms with E-state index in [2.05, 4.69) is 0 Å². The van der Waals surface area contributed by atoms with Crippen molar-refractivity contribution in [1.29, 1.82) is 0 Å². The van der Waals surface area contributed by atoms with Crippen LogP contribution in [0.4, 0.5) is 5.69 Å². The normalized spacial score (nSPS) is 11.5. The number of likely N-dealkylation sites (N-methyl/N-ethyl adjacent to an activating group) is 1. The summed E-state index contributed by atoms with van der Waals surface area (Å²) in [5.74, 6) is 1.40. The third-order valence-corrected chi connectivity index (χ3v) is 4.37. The summed E-state index contributed by atoms with van der Waals surface area (Å²) < 4.78 is 15.7. The summed E-state index contributed by atoms with van der Waals surface area (Å²) >= 11 is 0. The van der Waals surface area contributed by atoms with Crippen molar-refractivity contribution < 1.29 is 19.0 Å². The van der Waals surface area contributed by atoms with Crippen LogP contribution in [0.3, 0.4) is 0 Å². The number of benzene rings is 2. The van der Waals surface area contributed by atoms with Crippen molar-refractivity contribution in [3.8, 4) is 11.5 Å². The van der Waals surface area contributed by atoms with Gasteiger partial charge in [-0.3, -0.25) is 0 Å². The molecule has 140 valence electrons. The second-order valence-corrected chi connectivity index (χ2v) is 5.96. The van der Waals surface area contributed by atoms with Crippen molar-refractivity contribution in [1.82, 2.24) is 0 Å². The van der Waals surface area contributed by atoms with E-state index in [1.54, 1.807) is 14.2 Å². The highest BCUT2D eigenvalue weighted by Gasteiger charge is 2.24. The molecule has 1 unspecified atom stereocenters. The quantitative estimate of drug-likeness (QED) is 0.641. The topological polar surface area (TPSA) is 48.0 Å². The minimum atomic E-state index is -0.356. The van der Waals surface area contributed by atoms with Crippen LogP contribution in [0.2, 0.25) is 0 Å². The number of anilines is 1. The molecule has 2 rings (SSSR count). The largest absolute Gasteiger partial charge is 0.497 e. The van der Waals surface area contributed by atoms with Crippen molar-refractivity contribution in [2.24, 2.45) is 0 Å². The molecule has 2 aromatic carbocycles. The van der Waals surface area contributed by atoms with Gasteiger partial charge >= 0.3 is 5.97 Å². The van der Waals surface area contributed by atoms with E-state index in [9.17, 15) is 4.79 Å². The minimum absolute atomic E-state index is 0.209. The number of carbonyl (C=O) groups is 1. The lowest BCUT2D eigenvalue weighted by Gasteiger charge is -2.28. The van der Waals surface area contributed by atoms with Gasteiger partial charge in [0, 0.05) is 12.7 Å². The predicted octanol–water partition coefficient (Wildman–Crippen LogP) is 3.70. The summed E-state index contributed by atoms with van der Waals surface area (Å²) in [4.78, 5) is 14.5. The molecule has 0 saturated heterocycles. The molecule has 1 atom stereocenters. The maximum Gasteiger partial charge on any atom is 0.328 e. The van der Waals surface area contributed by atoms with E-state index >= 15 is 0 Å². The van der Waals surface area contributed by atoms with Gasteiger partial charge in [-0.25, -0.2) is 4.79 Å². The van der Waals surface area contributed by atoms with Crippen LogP contribution >= 0.6 is 0 Å². The fraction of sp³-hybridized carbons (Fsp3) is 0.381. The molecule has 5 heteroatoms. The number of methoxy groups -OCH3 is 2. The van der Waals surface area contributed by atoms with Crippen LogP contribution in [-0.2, 0) is 16.0 Å². The molecule has 0 aliphatic carbocycles. The van der Waals surface area contributed by atoms with Gasteiger partial charge in [0.25, 0.3) is 0 Å². The molecular formula is C21H27NO4. The van der Waals surface area contributed by atoms with Crippen molar-refractivity contribution in [3.63, 3.8) is 0 Å². The number of nitrogens with zero attached hydrogens (tertiary/aromatic N) is 1. The SMILES string of the molecule is CCOC(=O)C(CCc1ccc(OC)cc1)N(C)c1ccc(OC)cc1. The first kappa shape index (κ1) is 19.6. The number of esters is 1. The van der Waals surface area contributed by atoms with Gasteiger partial charge < -0.3 is 19.1 Å². The molecule has 0 N–H and O–H groups in total. The molecule has 0 saturated carbocycles. The van der Waals surface area contributed by atoms with E-state index < -0.39 is 0 Å². The van der Waals surface area contributed by atoms with E-state index in [0.29, 0.717) is 13.0 Å². The molecule has 0 aliphatic heterocycles. The van der Waals surface area contributed by atoms with E-state index in [1.165, 1.54) is 0 Å². The van der Waals surface area contributed by atoms with Crippen molar-refractivity contribution in [2.45, 2.75) is 25.8 Å². The van der Waals surface area contributed by atoms with Crippen molar-refractivity contribution in [2.75, 3.05) is 32.8 Å². The fourth-order valence-electron chi connectivity index (χ4n) is 2.80. The van der Waals surface area contributed by atoms with Gasteiger partial charge in [-0.1, -0.05) is 12.1 Å². The Hall–Kier alpha value is -2.69. The van der Waals surface area contributed by atoms with Crippen molar-refractivity contribution >= 4 is 11.7 Å². The summed E-state index contributed by atoms with van der Waals surface area (Å²) in [6.07, 6.45) is 1.43. The van der Waals surface area contributed by atoms with Crippen LogP contribution in [0.25, 0.3) is 0 Å². The zero-order valence-electron chi connectivity index (χ0n) is 15.9. The molecule has 0 fully saturated rings. The van der Waals surface area contributed by atoms with Gasteiger partial charge in [-0.05, 0) is 61.7 Å². The molecule has 0 heterocycles. The Labute approximate surface area is 155 Å². The summed E-state index contributed by atoms with van der Waals surface area (Å²) in [7, 11) is 5.20.